The molecule has 0 unspecified atom stereocenters. The SMILES string of the molecule is CCCCCCCC/C=C\CCCCCCCC(=O)O.Cc1cn([C@H]2C[C@H](O)[C@@H](COP(=O)(O)O)O2)c(=O)[nH]c1=O. The van der Waals surface area contributed by atoms with Gasteiger partial charge >= 0.3 is 19.5 Å². The minimum Gasteiger partial charge on any atom is -0.481 e. The maximum absolute atomic E-state index is 11.7. The number of aromatic nitrogens is 2. The minimum absolute atomic E-state index is 0.0283. The van der Waals surface area contributed by atoms with Crippen molar-refractivity contribution >= 4 is 13.8 Å². The number of allylic oxidation sites excluding steroid dienone is 2. The number of phosphoric acid groups is 1. The van der Waals surface area contributed by atoms with Gasteiger partial charge < -0.3 is 24.7 Å². The molecule has 1 aliphatic heterocycles. The second-order valence-electron chi connectivity index (χ2n) is 10.4. The monoisotopic (exact) mass is 604 g/mol. The van der Waals surface area contributed by atoms with E-state index < -0.39 is 50.1 Å². The van der Waals surface area contributed by atoms with E-state index in [0.717, 1.165) is 17.4 Å². The summed E-state index contributed by atoms with van der Waals surface area (Å²) in [4.78, 5) is 52.6. The van der Waals surface area contributed by atoms with Gasteiger partial charge in [0.15, 0.2) is 0 Å². The number of carbonyl (C=O) groups is 1. The number of phosphoric ester groups is 1. The second kappa shape index (κ2) is 20.7. The fourth-order valence-electron chi connectivity index (χ4n) is 4.35. The van der Waals surface area contributed by atoms with Crippen LogP contribution >= 0.6 is 7.82 Å². The van der Waals surface area contributed by atoms with E-state index in [1.807, 2.05) is 0 Å². The highest BCUT2D eigenvalue weighted by Crippen LogP contribution is 2.38. The Balaban J connectivity index is 0.000000411. The van der Waals surface area contributed by atoms with E-state index in [-0.39, 0.29) is 6.42 Å². The molecule has 1 aromatic heterocycles. The van der Waals surface area contributed by atoms with Gasteiger partial charge in [-0.05, 0) is 39.0 Å². The molecule has 2 heterocycles. The molecule has 0 aliphatic carbocycles. The molecule has 5 N–H and O–H groups in total. The number of carboxylic acids is 1. The van der Waals surface area contributed by atoms with Crippen molar-refractivity contribution in [3.63, 3.8) is 0 Å². The van der Waals surface area contributed by atoms with Gasteiger partial charge in [0.25, 0.3) is 5.56 Å². The molecule has 0 bridgehead atoms. The molecule has 13 heteroatoms. The van der Waals surface area contributed by atoms with E-state index in [4.69, 9.17) is 19.6 Å². The van der Waals surface area contributed by atoms with Crippen LogP contribution in [-0.2, 0) is 18.6 Å². The molecule has 41 heavy (non-hydrogen) atoms. The standard InChI is InChI=1S/C18H34O2.C10H15N2O8P/c1-2-3-4-5-6-7-8-9-10-11-12-13-14-15-16-17-18(19)20;1-5-3-12(10(15)11-9(5)14)8-2-6(13)7(20-8)4-19-21(16,17)18/h9-10H,2-8,11-17H2,1H3,(H,19,20);3,6-8,13H,2,4H2,1H3,(H,11,14,15)(H2,16,17,18)/b10-9-;/t;6-,7+,8+/m.0/s1. The summed E-state index contributed by atoms with van der Waals surface area (Å²) in [6.07, 6.45) is 19.7. The fraction of sp³-hybridized carbons (Fsp3) is 0.750. The lowest BCUT2D eigenvalue weighted by atomic mass is 10.1. The molecule has 1 aromatic rings. The van der Waals surface area contributed by atoms with Gasteiger partial charge in [-0.2, -0.15) is 0 Å². The van der Waals surface area contributed by atoms with Crippen molar-refractivity contribution in [1.29, 1.82) is 0 Å². The summed E-state index contributed by atoms with van der Waals surface area (Å²) in [6, 6.07) is 0. The van der Waals surface area contributed by atoms with E-state index in [1.54, 1.807) is 0 Å². The molecule has 1 aliphatic rings. The molecule has 1 fully saturated rings. The third-order valence-electron chi connectivity index (χ3n) is 6.72. The quantitative estimate of drug-likeness (QED) is 0.0840. The van der Waals surface area contributed by atoms with Crippen molar-refractivity contribution in [2.24, 2.45) is 0 Å². The smallest absolute Gasteiger partial charge is 0.469 e. The van der Waals surface area contributed by atoms with Gasteiger partial charge in [0.05, 0.1) is 12.7 Å². The van der Waals surface area contributed by atoms with Gasteiger partial charge in [-0.15, -0.1) is 0 Å². The Morgan fingerprint density at radius 3 is 2.17 bits per heavy atom. The van der Waals surface area contributed by atoms with Crippen LogP contribution in [0.2, 0.25) is 0 Å². The number of aliphatic carboxylic acids is 1. The Hall–Kier alpha value is -2.08. The summed E-state index contributed by atoms with van der Waals surface area (Å²) in [6.45, 7) is 3.25. The third kappa shape index (κ3) is 17.5. The minimum atomic E-state index is -4.67. The molecule has 2 rings (SSSR count). The highest BCUT2D eigenvalue weighted by Gasteiger charge is 2.37. The number of ether oxygens (including phenoxy) is 1. The van der Waals surface area contributed by atoms with Crippen LogP contribution < -0.4 is 11.2 Å². The zero-order valence-corrected chi connectivity index (χ0v) is 25.3. The number of rotatable bonds is 19. The summed E-state index contributed by atoms with van der Waals surface area (Å²) in [5.41, 5.74) is -0.918. The lowest BCUT2D eigenvalue weighted by Crippen LogP contribution is -2.33. The number of aliphatic hydroxyl groups excluding tert-OH is 1. The Kier molecular flexibility index (Phi) is 18.7. The van der Waals surface area contributed by atoms with Crippen molar-refractivity contribution in [1.82, 2.24) is 9.55 Å². The summed E-state index contributed by atoms with van der Waals surface area (Å²) in [7, 11) is -4.67. The topological polar surface area (TPSA) is 188 Å². The van der Waals surface area contributed by atoms with Crippen molar-refractivity contribution < 1.29 is 38.6 Å². The Morgan fingerprint density at radius 2 is 1.61 bits per heavy atom. The lowest BCUT2D eigenvalue weighted by molar-refractivity contribution is -0.137. The van der Waals surface area contributed by atoms with E-state index in [2.05, 4.69) is 28.6 Å². The van der Waals surface area contributed by atoms with Crippen molar-refractivity contribution in [2.75, 3.05) is 6.61 Å². The highest BCUT2D eigenvalue weighted by atomic mass is 31.2. The summed E-state index contributed by atoms with van der Waals surface area (Å²) < 4.78 is 21.4. The first-order chi connectivity index (χ1) is 19.4. The molecule has 1 saturated heterocycles. The van der Waals surface area contributed by atoms with E-state index in [1.165, 1.54) is 83.7 Å². The van der Waals surface area contributed by atoms with Gasteiger partial charge in [-0.25, -0.2) is 9.36 Å². The largest absolute Gasteiger partial charge is 0.481 e. The highest BCUT2D eigenvalue weighted by molar-refractivity contribution is 7.46. The molecule has 0 spiro atoms. The average molecular weight is 605 g/mol. The predicted molar refractivity (Wildman–Crippen MR) is 156 cm³/mol. The molecular formula is C28H49N2O10P. The van der Waals surface area contributed by atoms with E-state index in [0.29, 0.717) is 12.0 Å². The maximum Gasteiger partial charge on any atom is 0.469 e. The first kappa shape index (κ1) is 36.9. The summed E-state index contributed by atoms with van der Waals surface area (Å²) in [5.74, 6) is -0.664. The predicted octanol–water partition coefficient (Wildman–Crippen LogP) is 4.71. The van der Waals surface area contributed by atoms with E-state index >= 15 is 0 Å². The van der Waals surface area contributed by atoms with Gasteiger partial charge in [0.1, 0.15) is 12.3 Å². The van der Waals surface area contributed by atoms with Crippen LogP contribution in [0.3, 0.4) is 0 Å². The molecular weight excluding hydrogens is 555 g/mol. The summed E-state index contributed by atoms with van der Waals surface area (Å²) >= 11 is 0. The normalized spacial score (nSPS) is 18.9. The van der Waals surface area contributed by atoms with Crippen LogP contribution in [0.1, 0.15) is 115 Å². The van der Waals surface area contributed by atoms with Crippen LogP contribution in [0.25, 0.3) is 0 Å². The number of carboxylic acid groups (broad SMARTS) is 1. The number of H-pyrrole nitrogens is 1. The van der Waals surface area contributed by atoms with Crippen LogP contribution in [0.15, 0.2) is 27.9 Å². The first-order valence-corrected chi connectivity index (χ1v) is 16.2. The molecule has 12 nitrogen and oxygen atoms in total. The number of unbranched alkanes of at least 4 members (excludes halogenated alkanes) is 11. The van der Waals surface area contributed by atoms with Crippen molar-refractivity contribution in [3.8, 4) is 0 Å². The average Bonchev–Trinajstić information content (AvgIpc) is 3.27. The van der Waals surface area contributed by atoms with Crippen LogP contribution in [-0.4, -0.2) is 54.3 Å². The zero-order chi connectivity index (χ0) is 30.7. The van der Waals surface area contributed by atoms with Crippen LogP contribution in [0.5, 0.6) is 0 Å². The fourth-order valence-corrected chi connectivity index (χ4v) is 4.69. The molecule has 0 amide bonds. The molecule has 0 aromatic carbocycles. The zero-order valence-electron chi connectivity index (χ0n) is 24.4. The lowest BCUT2D eigenvalue weighted by Gasteiger charge is -2.16. The molecule has 3 atom stereocenters. The molecule has 0 saturated carbocycles. The van der Waals surface area contributed by atoms with Crippen molar-refractivity contribution in [3.05, 3.63) is 44.8 Å². The number of hydrogen-bond acceptors (Lipinski definition) is 7. The number of aliphatic hydroxyl groups is 1. The number of nitrogens with one attached hydrogen (secondary N) is 1. The molecule has 0 radical (unpaired) electrons. The van der Waals surface area contributed by atoms with Gasteiger partial charge in [0, 0.05) is 24.6 Å². The first-order valence-electron chi connectivity index (χ1n) is 14.7. The number of hydrogen-bond donors (Lipinski definition) is 5. The van der Waals surface area contributed by atoms with Crippen molar-refractivity contribution in [2.45, 2.75) is 129 Å². The number of aryl methyl sites for hydroxylation is 1. The Labute approximate surface area is 242 Å². The van der Waals surface area contributed by atoms with Gasteiger partial charge in [0.2, 0.25) is 0 Å². The Morgan fingerprint density at radius 1 is 1.05 bits per heavy atom. The van der Waals surface area contributed by atoms with Gasteiger partial charge in [-0.3, -0.25) is 23.7 Å². The van der Waals surface area contributed by atoms with Crippen LogP contribution in [0.4, 0.5) is 0 Å². The van der Waals surface area contributed by atoms with E-state index in [9.17, 15) is 24.1 Å². The maximum atomic E-state index is 11.7. The summed E-state index contributed by atoms with van der Waals surface area (Å²) in [5, 5.41) is 18.3. The van der Waals surface area contributed by atoms with Gasteiger partial charge in [-0.1, -0.05) is 70.4 Å². The number of aromatic amines is 1. The number of nitrogens with zero attached hydrogens (tertiary/aromatic N) is 1. The molecule has 236 valence electrons. The Bertz CT molecular complexity index is 1060. The van der Waals surface area contributed by atoms with Crippen LogP contribution in [0, 0.1) is 6.92 Å². The second-order valence-corrected chi connectivity index (χ2v) is 11.7. The third-order valence-corrected chi connectivity index (χ3v) is 7.21.